The van der Waals surface area contributed by atoms with Crippen molar-refractivity contribution in [3.8, 4) is 5.75 Å². The van der Waals surface area contributed by atoms with Gasteiger partial charge < -0.3 is 4.74 Å². The van der Waals surface area contributed by atoms with Crippen LogP contribution in [0.5, 0.6) is 5.75 Å². The third-order valence-corrected chi connectivity index (χ3v) is 3.04. The maximum atomic E-state index is 11.9. The molecule has 0 unspecified atom stereocenters. The number of carbonyl (C=O) groups excluding carboxylic acids is 1. The molecule has 0 aliphatic heterocycles. The molecule has 0 atom stereocenters. The Balaban J connectivity index is 2.81. The van der Waals surface area contributed by atoms with Gasteiger partial charge in [-0.3, -0.25) is 4.79 Å². The summed E-state index contributed by atoms with van der Waals surface area (Å²) in [6, 6.07) is 3.80. The number of hydrogen-bond acceptors (Lipinski definition) is 2. The number of alkyl halides is 1. The van der Waals surface area contributed by atoms with E-state index in [-0.39, 0.29) is 5.78 Å². The lowest BCUT2D eigenvalue weighted by atomic mass is 10.00. The van der Waals surface area contributed by atoms with Crippen molar-refractivity contribution in [2.45, 2.75) is 33.1 Å². The number of benzene rings is 1. The van der Waals surface area contributed by atoms with E-state index < -0.39 is 0 Å². The highest BCUT2D eigenvalue weighted by Crippen LogP contribution is 2.25. The normalized spacial score (nSPS) is 10.4. The number of rotatable bonds is 6. The van der Waals surface area contributed by atoms with Gasteiger partial charge in [-0.25, -0.2) is 0 Å². The smallest absolute Gasteiger partial charge is 0.162 e. The molecule has 0 fully saturated rings. The van der Waals surface area contributed by atoms with E-state index in [1.165, 1.54) is 0 Å². The van der Waals surface area contributed by atoms with Gasteiger partial charge in [-0.05, 0) is 49.9 Å². The first kappa shape index (κ1) is 14.0. The molecule has 0 heterocycles. The quantitative estimate of drug-likeness (QED) is 0.437. The summed E-state index contributed by atoms with van der Waals surface area (Å²) in [5.74, 6) is 1.67. The van der Waals surface area contributed by atoms with E-state index in [2.05, 4.69) is 0 Å². The van der Waals surface area contributed by atoms with Gasteiger partial charge in [0.05, 0.1) is 7.11 Å². The van der Waals surface area contributed by atoms with Crippen LogP contribution in [0.15, 0.2) is 12.1 Å². The summed E-state index contributed by atoms with van der Waals surface area (Å²) in [5.41, 5.74) is 2.79. The lowest BCUT2D eigenvalue weighted by molar-refractivity contribution is 0.0979. The SMILES string of the molecule is COc1c(C)cc(C(=O)CCCCCl)cc1C. The molecule has 1 aromatic carbocycles. The second kappa shape index (κ2) is 6.65. The van der Waals surface area contributed by atoms with E-state index in [9.17, 15) is 4.79 Å². The van der Waals surface area contributed by atoms with Crippen molar-refractivity contribution in [2.24, 2.45) is 0 Å². The molecule has 0 N–H and O–H groups in total. The van der Waals surface area contributed by atoms with Crippen LogP contribution in [-0.2, 0) is 0 Å². The van der Waals surface area contributed by atoms with Crippen LogP contribution < -0.4 is 4.74 Å². The van der Waals surface area contributed by atoms with E-state index in [1.807, 2.05) is 26.0 Å². The molecule has 1 rings (SSSR count). The Hall–Kier alpha value is -1.02. The van der Waals surface area contributed by atoms with Crippen LogP contribution in [0.1, 0.15) is 40.7 Å². The van der Waals surface area contributed by atoms with Gasteiger partial charge >= 0.3 is 0 Å². The van der Waals surface area contributed by atoms with Gasteiger partial charge in [-0.15, -0.1) is 11.6 Å². The van der Waals surface area contributed by atoms with E-state index >= 15 is 0 Å². The van der Waals surface area contributed by atoms with E-state index in [1.54, 1.807) is 7.11 Å². The molecule has 94 valence electrons. The molecule has 0 bridgehead atoms. The molecule has 0 saturated carbocycles. The van der Waals surface area contributed by atoms with Gasteiger partial charge in [0, 0.05) is 17.9 Å². The zero-order valence-electron chi connectivity index (χ0n) is 10.7. The lowest BCUT2D eigenvalue weighted by Gasteiger charge is -2.10. The number of Topliss-reactive ketones (excluding diaryl/α,β-unsaturated/α-hetero) is 1. The third-order valence-electron chi connectivity index (χ3n) is 2.77. The fourth-order valence-corrected chi connectivity index (χ4v) is 2.15. The van der Waals surface area contributed by atoms with Crippen LogP contribution in [0.4, 0.5) is 0 Å². The number of unbranched alkanes of at least 4 members (excludes halogenated alkanes) is 1. The van der Waals surface area contributed by atoms with Crippen LogP contribution in [0.25, 0.3) is 0 Å². The number of halogens is 1. The van der Waals surface area contributed by atoms with Crippen molar-refractivity contribution < 1.29 is 9.53 Å². The van der Waals surface area contributed by atoms with Gasteiger partial charge in [0.15, 0.2) is 5.78 Å². The summed E-state index contributed by atoms with van der Waals surface area (Å²) in [6.07, 6.45) is 2.31. The van der Waals surface area contributed by atoms with E-state index in [0.29, 0.717) is 12.3 Å². The highest BCUT2D eigenvalue weighted by molar-refractivity contribution is 6.17. The fourth-order valence-electron chi connectivity index (χ4n) is 1.96. The molecule has 2 nitrogen and oxygen atoms in total. The average Bonchev–Trinajstić information content (AvgIpc) is 2.28. The molecule has 0 radical (unpaired) electrons. The first-order valence-electron chi connectivity index (χ1n) is 5.84. The van der Waals surface area contributed by atoms with Crippen molar-refractivity contribution >= 4 is 17.4 Å². The second-order valence-corrected chi connectivity index (χ2v) is 4.59. The predicted molar refractivity (Wildman–Crippen MR) is 71.4 cm³/mol. The molecule has 0 aliphatic carbocycles. The molecule has 0 spiro atoms. The van der Waals surface area contributed by atoms with Crippen LogP contribution in [0.2, 0.25) is 0 Å². The Morgan fingerprint density at radius 1 is 1.24 bits per heavy atom. The molecule has 0 aromatic heterocycles. The Labute approximate surface area is 108 Å². The van der Waals surface area contributed by atoms with Crippen molar-refractivity contribution in [3.05, 3.63) is 28.8 Å². The van der Waals surface area contributed by atoms with Crippen molar-refractivity contribution in [2.75, 3.05) is 13.0 Å². The van der Waals surface area contributed by atoms with Gasteiger partial charge in [0.1, 0.15) is 5.75 Å². The minimum atomic E-state index is 0.184. The topological polar surface area (TPSA) is 26.3 Å². The molecule has 0 aliphatic rings. The van der Waals surface area contributed by atoms with Crippen LogP contribution in [0.3, 0.4) is 0 Å². The largest absolute Gasteiger partial charge is 0.496 e. The molecular formula is C14H19ClO2. The monoisotopic (exact) mass is 254 g/mol. The third kappa shape index (κ3) is 3.74. The molecule has 0 saturated heterocycles. The maximum Gasteiger partial charge on any atom is 0.162 e. The molecular weight excluding hydrogens is 236 g/mol. The standard InChI is InChI=1S/C14H19ClO2/c1-10-8-12(9-11(2)14(10)17-3)13(16)6-4-5-7-15/h8-9H,4-7H2,1-3H3. The summed E-state index contributed by atoms with van der Waals surface area (Å²) in [7, 11) is 1.65. The Morgan fingerprint density at radius 3 is 2.29 bits per heavy atom. The number of ketones is 1. The van der Waals surface area contributed by atoms with Crippen LogP contribution in [-0.4, -0.2) is 18.8 Å². The second-order valence-electron chi connectivity index (χ2n) is 4.21. The molecule has 1 aromatic rings. The Morgan fingerprint density at radius 2 is 1.82 bits per heavy atom. The number of methoxy groups -OCH3 is 1. The van der Waals surface area contributed by atoms with E-state index in [0.717, 1.165) is 35.3 Å². The highest BCUT2D eigenvalue weighted by atomic mass is 35.5. The van der Waals surface area contributed by atoms with Crippen molar-refractivity contribution in [1.82, 2.24) is 0 Å². The van der Waals surface area contributed by atoms with Gasteiger partial charge in [-0.2, -0.15) is 0 Å². The predicted octanol–water partition coefficient (Wildman–Crippen LogP) is 3.90. The Kier molecular flexibility index (Phi) is 5.49. The van der Waals surface area contributed by atoms with Gasteiger partial charge in [-0.1, -0.05) is 0 Å². The zero-order chi connectivity index (χ0) is 12.8. The summed E-state index contributed by atoms with van der Waals surface area (Å²) in [4.78, 5) is 11.9. The van der Waals surface area contributed by atoms with Gasteiger partial charge in [0.2, 0.25) is 0 Å². The first-order valence-corrected chi connectivity index (χ1v) is 6.38. The number of aryl methyl sites for hydroxylation is 2. The molecule has 17 heavy (non-hydrogen) atoms. The maximum absolute atomic E-state index is 11.9. The summed E-state index contributed by atoms with van der Waals surface area (Å²) < 4.78 is 5.28. The minimum Gasteiger partial charge on any atom is -0.496 e. The molecule has 3 heteroatoms. The lowest BCUT2D eigenvalue weighted by Crippen LogP contribution is -2.02. The number of ether oxygens (including phenoxy) is 1. The summed E-state index contributed by atoms with van der Waals surface area (Å²) in [5, 5.41) is 0. The minimum absolute atomic E-state index is 0.184. The highest BCUT2D eigenvalue weighted by Gasteiger charge is 2.10. The number of carbonyl (C=O) groups is 1. The summed E-state index contributed by atoms with van der Waals surface area (Å²) in [6.45, 7) is 3.92. The van der Waals surface area contributed by atoms with Crippen LogP contribution >= 0.6 is 11.6 Å². The molecule has 0 amide bonds. The fraction of sp³-hybridized carbons (Fsp3) is 0.500. The zero-order valence-corrected chi connectivity index (χ0v) is 11.4. The number of hydrogen-bond donors (Lipinski definition) is 0. The van der Waals surface area contributed by atoms with Gasteiger partial charge in [0.25, 0.3) is 0 Å². The van der Waals surface area contributed by atoms with Crippen molar-refractivity contribution in [1.29, 1.82) is 0 Å². The summed E-state index contributed by atoms with van der Waals surface area (Å²) >= 11 is 5.59. The average molecular weight is 255 g/mol. The first-order chi connectivity index (χ1) is 8.10. The van der Waals surface area contributed by atoms with Crippen LogP contribution in [0, 0.1) is 13.8 Å². The van der Waals surface area contributed by atoms with E-state index in [4.69, 9.17) is 16.3 Å². The Bertz CT molecular complexity index is 376. The van der Waals surface area contributed by atoms with Crippen molar-refractivity contribution in [3.63, 3.8) is 0 Å².